The van der Waals surface area contributed by atoms with Crippen LogP contribution < -0.4 is 5.32 Å². The lowest BCUT2D eigenvalue weighted by Crippen LogP contribution is -2.47. The normalized spacial score (nSPS) is 16.9. The molecule has 1 aliphatic heterocycles. The van der Waals surface area contributed by atoms with Crippen LogP contribution in [-0.2, 0) is 0 Å². The second-order valence-electron chi connectivity index (χ2n) is 7.63. The third-order valence-electron chi connectivity index (χ3n) is 5.70. The van der Waals surface area contributed by atoms with Crippen LogP contribution in [0, 0.1) is 22.7 Å². The van der Waals surface area contributed by atoms with Crippen LogP contribution in [-0.4, -0.2) is 45.9 Å². The molecule has 0 bridgehead atoms. The average Bonchev–Trinajstić information content (AvgIpc) is 3.13. The van der Waals surface area contributed by atoms with Gasteiger partial charge in [-0.15, -0.1) is 0 Å². The van der Waals surface area contributed by atoms with Crippen LogP contribution in [0.4, 0.5) is 4.79 Å². The molecule has 0 spiro atoms. The fraction of sp³-hybridized carbons (Fsp3) is 0.526. The summed E-state index contributed by atoms with van der Waals surface area (Å²) < 4.78 is 0. The van der Waals surface area contributed by atoms with E-state index in [2.05, 4.69) is 29.4 Å². The van der Waals surface area contributed by atoms with E-state index in [1.807, 2.05) is 12.1 Å². The van der Waals surface area contributed by atoms with Gasteiger partial charge in [-0.3, -0.25) is 5.10 Å². The third kappa shape index (κ3) is 3.87. The molecule has 144 valence electrons. The zero-order valence-corrected chi connectivity index (χ0v) is 16.3. The van der Waals surface area contributed by atoms with Gasteiger partial charge in [0.05, 0.1) is 23.9 Å². The zero-order valence-electron chi connectivity index (χ0n) is 15.5. The topological polar surface area (TPSA) is 105 Å². The number of H-pyrrole nitrogens is 1. The number of aliphatic hydroxyl groups is 1. The number of nitrogens with zero attached hydrogens (tertiary/aromatic N) is 3. The number of piperidine rings is 1. The van der Waals surface area contributed by atoms with E-state index in [9.17, 15) is 9.90 Å². The Balaban J connectivity index is 1.74. The molecule has 1 atom stereocenters. The first-order valence-corrected chi connectivity index (χ1v) is 9.42. The van der Waals surface area contributed by atoms with E-state index < -0.39 is 11.5 Å². The number of aromatic amines is 1. The summed E-state index contributed by atoms with van der Waals surface area (Å²) in [7, 11) is 0. The van der Waals surface area contributed by atoms with Crippen molar-refractivity contribution in [1.82, 2.24) is 20.4 Å². The van der Waals surface area contributed by atoms with E-state index in [1.54, 1.807) is 17.2 Å². The molecule has 3 N–H and O–H groups in total. The molecule has 1 aromatic heterocycles. The van der Waals surface area contributed by atoms with E-state index in [-0.39, 0.29) is 18.5 Å². The number of halogens is 1. The predicted octanol–water partition coefficient (Wildman–Crippen LogP) is 3.22. The summed E-state index contributed by atoms with van der Waals surface area (Å²) >= 11 is 6.23. The molecule has 7 nitrogen and oxygen atoms in total. The number of rotatable bonds is 4. The van der Waals surface area contributed by atoms with E-state index in [0.717, 1.165) is 29.3 Å². The van der Waals surface area contributed by atoms with Crippen LogP contribution in [0.25, 0.3) is 10.9 Å². The molecular weight excluding hydrogens is 366 g/mol. The first-order valence-electron chi connectivity index (χ1n) is 9.05. The van der Waals surface area contributed by atoms with Crippen LogP contribution in [0.5, 0.6) is 0 Å². The average molecular weight is 390 g/mol. The Morgan fingerprint density at radius 3 is 2.89 bits per heavy atom. The highest BCUT2D eigenvalue weighted by Crippen LogP contribution is 2.46. The molecule has 2 amide bonds. The number of nitriles is 1. The summed E-state index contributed by atoms with van der Waals surface area (Å²) in [6.07, 6.45) is 2.55. The standard InChI is InChI=1S/C19H24ClN5O2/c1-19(2,13-3-7-25(8-4-13)18(27)22-6-5-21)17(26)15-10-14(20)9-12-11-23-24-16(12)15/h9-11,13,17,26H,3-4,6-8H2,1-2H3,(H,22,27)(H,23,24). The summed E-state index contributed by atoms with van der Waals surface area (Å²) in [6.45, 7) is 5.33. The molecule has 1 aliphatic rings. The minimum absolute atomic E-state index is 0.0118. The number of benzene rings is 1. The van der Waals surface area contributed by atoms with Gasteiger partial charge in [0.2, 0.25) is 0 Å². The lowest BCUT2D eigenvalue weighted by molar-refractivity contribution is -0.0143. The molecular formula is C19H24ClN5O2. The van der Waals surface area contributed by atoms with Crippen molar-refractivity contribution >= 4 is 28.5 Å². The Labute approximate surface area is 163 Å². The molecule has 27 heavy (non-hydrogen) atoms. The molecule has 1 fully saturated rings. The number of likely N-dealkylation sites (tertiary alicyclic amines) is 1. The van der Waals surface area contributed by atoms with E-state index in [4.69, 9.17) is 16.9 Å². The summed E-state index contributed by atoms with van der Waals surface area (Å²) in [5, 5.41) is 30.8. The molecule has 2 aromatic rings. The van der Waals surface area contributed by atoms with Gasteiger partial charge in [-0.2, -0.15) is 10.4 Å². The molecule has 3 rings (SSSR count). The lowest BCUT2D eigenvalue weighted by Gasteiger charge is -2.43. The van der Waals surface area contributed by atoms with Crippen molar-refractivity contribution in [3.8, 4) is 6.07 Å². The van der Waals surface area contributed by atoms with Gasteiger partial charge in [0.25, 0.3) is 0 Å². The Bertz CT molecular complexity index is 865. The maximum absolute atomic E-state index is 12.0. The van der Waals surface area contributed by atoms with Gasteiger partial charge in [0.1, 0.15) is 6.54 Å². The molecule has 2 heterocycles. The Kier molecular flexibility index (Phi) is 5.59. The summed E-state index contributed by atoms with van der Waals surface area (Å²) in [5.74, 6) is 0.240. The molecule has 0 aliphatic carbocycles. The van der Waals surface area contributed by atoms with E-state index in [1.165, 1.54) is 0 Å². The van der Waals surface area contributed by atoms with Gasteiger partial charge in [-0.05, 0) is 36.3 Å². The van der Waals surface area contributed by atoms with E-state index in [0.29, 0.717) is 18.1 Å². The summed E-state index contributed by atoms with van der Waals surface area (Å²) in [5.41, 5.74) is 1.14. The van der Waals surface area contributed by atoms with Crippen LogP contribution in [0.3, 0.4) is 0 Å². The largest absolute Gasteiger partial charge is 0.388 e. The number of amides is 2. The van der Waals surface area contributed by atoms with Crippen molar-refractivity contribution in [3.05, 3.63) is 28.9 Å². The number of carbonyl (C=O) groups excluding carboxylic acids is 1. The Morgan fingerprint density at radius 2 is 2.22 bits per heavy atom. The second-order valence-corrected chi connectivity index (χ2v) is 8.07. The third-order valence-corrected chi connectivity index (χ3v) is 5.91. The number of urea groups is 1. The summed E-state index contributed by atoms with van der Waals surface area (Å²) in [4.78, 5) is 13.7. The van der Waals surface area contributed by atoms with Crippen LogP contribution in [0.2, 0.25) is 5.02 Å². The summed E-state index contributed by atoms with van der Waals surface area (Å²) in [6, 6.07) is 5.32. The van der Waals surface area contributed by atoms with Crippen LogP contribution in [0.15, 0.2) is 18.3 Å². The quantitative estimate of drug-likeness (QED) is 0.698. The molecule has 1 aromatic carbocycles. The van der Waals surface area contributed by atoms with Gasteiger partial charge in [0.15, 0.2) is 0 Å². The van der Waals surface area contributed by atoms with E-state index >= 15 is 0 Å². The first kappa shape index (κ1) is 19.5. The van der Waals surface area contributed by atoms with Crippen molar-refractivity contribution in [2.45, 2.75) is 32.8 Å². The van der Waals surface area contributed by atoms with Crippen molar-refractivity contribution < 1.29 is 9.90 Å². The fourth-order valence-corrected chi connectivity index (χ4v) is 4.18. The highest BCUT2D eigenvalue weighted by molar-refractivity contribution is 6.31. The fourth-order valence-electron chi connectivity index (χ4n) is 3.94. The molecule has 1 unspecified atom stereocenters. The highest BCUT2D eigenvalue weighted by Gasteiger charge is 2.40. The van der Waals surface area contributed by atoms with Crippen molar-refractivity contribution in [1.29, 1.82) is 5.26 Å². The smallest absolute Gasteiger partial charge is 0.318 e. The number of fused-ring (bicyclic) bond motifs is 1. The van der Waals surface area contributed by atoms with Crippen LogP contribution >= 0.6 is 11.6 Å². The number of carbonyl (C=O) groups is 1. The van der Waals surface area contributed by atoms with Gasteiger partial charge in [0, 0.05) is 29.1 Å². The lowest BCUT2D eigenvalue weighted by atomic mass is 9.68. The Hall–Kier alpha value is -2.30. The zero-order chi connectivity index (χ0) is 19.6. The van der Waals surface area contributed by atoms with Gasteiger partial charge >= 0.3 is 6.03 Å². The first-order chi connectivity index (χ1) is 12.8. The minimum Gasteiger partial charge on any atom is -0.388 e. The minimum atomic E-state index is -0.719. The predicted molar refractivity (Wildman–Crippen MR) is 103 cm³/mol. The van der Waals surface area contributed by atoms with Crippen LogP contribution in [0.1, 0.15) is 38.4 Å². The van der Waals surface area contributed by atoms with Crippen molar-refractivity contribution in [3.63, 3.8) is 0 Å². The Morgan fingerprint density at radius 1 is 1.52 bits per heavy atom. The maximum atomic E-state index is 12.0. The molecule has 1 saturated heterocycles. The van der Waals surface area contributed by atoms with Crippen molar-refractivity contribution in [2.75, 3.05) is 19.6 Å². The van der Waals surface area contributed by atoms with Crippen molar-refractivity contribution in [2.24, 2.45) is 11.3 Å². The molecule has 8 heteroatoms. The van der Waals surface area contributed by atoms with Gasteiger partial charge < -0.3 is 15.3 Å². The second kappa shape index (κ2) is 7.75. The monoisotopic (exact) mass is 389 g/mol. The SMILES string of the molecule is CC(C)(C1CCN(C(=O)NCC#N)CC1)C(O)c1cc(Cl)cc2cn[nH]c12. The number of aliphatic hydroxyl groups excluding tert-OH is 1. The van der Waals surface area contributed by atoms with Gasteiger partial charge in [-0.1, -0.05) is 25.4 Å². The van der Waals surface area contributed by atoms with Gasteiger partial charge in [-0.25, -0.2) is 4.79 Å². The maximum Gasteiger partial charge on any atom is 0.318 e. The number of nitrogens with one attached hydrogen (secondary N) is 2. The molecule has 0 radical (unpaired) electrons. The number of hydrogen-bond acceptors (Lipinski definition) is 4. The highest BCUT2D eigenvalue weighted by atomic mass is 35.5. The number of aromatic nitrogens is 2. The number of hydrogen-bond donors (Lipinski definition) is 3. The molecule has 0 saturated carbocycles.